The molecule has 1 rings (SSSR count). The Morgan fingerprint density at radius 3 is 2.07 bits per heavy atom. The topological polar surface area (TPSA) is 9.23 Å². The lowest BCUT2D eigenvalue weighted by atomic mass is 10.00. The van der Waals surface area contributed by atoms with Crippen molar-refractivity contribution >= 4 is 23.2 Å². The van der Waals surface area contributed by atoms with Crippen molar-refractivity contribution in [2.24, 2.45) is 0 Å². The zero-order valence-electron chi connectivity index (χ0n) is 8.87. The number of benzene rings is 1. The number of hydrogen-bond donors (Lipinski definition) is 0. The third-order valence-electron chi connectivity index (χ3n) is 2.63. The van der Waals surface area contributed by atoms with Gasteiger partial charge in [-0.15, -0.1) is 11.6 Å². The van der Waals surface area contributed by atoms with Crippen molar-refractivity contribution in [1.82, 2.24) is 0 Å². The highest BCUT2D eigenvalue weighted by molar-refractivity contribution is 6.32. The van der Waals surface area contributed by atoms with E-state index in [4.69, 9.17) is 27.9 Å². The molecule has 0 aromatic heterocycles. The lowest BCUT2D eigenvalue weighted by Crippen LogP contribution is -1.99. The highest BCUT2D eigenvalue weighted by Gasteiger charge is 2.15. The number of methoxy groups -OCH3 is 1. The van der Waals surface area contributed by atoms with E-state index in [-0.39, 0.29) is 0 Å². The van der Waals surface area contributed by atoms with Crippen molar-refractivity contribution in [3.63, 3.8) is 0 Å². The summed E-state index contributed by atoms with van der Waals surface area (Å²) in [5.41, 5.74) is 4.14. The van der Waals surface area contributed by atoms with Crippen molar-refractivity contribution in [1.29, 1.82) is 0 Å². The van der Waals surface area contributed by atoms with Gasteiger partial charge in [-0.1, -0.05) is 11.6 Å². The molecule has 14 heavy (non-hydrogen) atoms. The minimum atomic E-state index is 0.426. The van der Waals surface area contributed by atoms with Crippen molar-refractivity contribution < 1.29 is 4.74 Å². The molecule has 1 aromatic rings. The second-order valence-electron chi connectivity index (χ2n) is 3.33. The molecule has 0 spiro atoms. The zero-order valence-corrected chi connectivity index (χ0v) is 10.4. The Hall–Kier alpha value is -0.400. The number of halogens is 2. The fourth-order valence-electron chi connectivity index (χ4n) is 1.58. The van der Waals surface area contributed by atoms with E-state index in [1.54, 1.807) is 7.11 Å². The van der Waals surface area contributed by atoms with E-state index in [0.717, 1.165) is 33.0 Å². The second kappa shape index (κ2) is 4.41. The van der Waals surface area contributed by atoms with Crippen LogP contribution in [0.3, 0.4) is 0 Å². The second-order valence-corrected chi connectivity index (χ2v) is 3.98. The first kappa shape index (κ1) is 11.7. The molecule has 1 nitrogen and oxygen atoms in total. The van der Waals surface area contributed by atoms with E-state index in [1.165, 1.54) is 0 Å². The van der Waals surface area contributed by atoms with Crippen LogP contribution in [0, 0.1) is 20.8 Å². The van der Waals surface area contributed by atoms with Crippen LogP contribution in [0.25, 0.3) is 0 Å². The van der Waals surface area contributed by atoms with Gasteiger partial charge in [-0.3, -0.25) is 0 Å². The third kappa shape index (κ3) is 1.71. The predicted octanol–water partition coefficient (Wildman–Crippen LogP) is 4.01. The predicted molar refractivity (Wildman–Crippen MR) is 61.8 cm³/mol. The van der Waals surface area contributed by atoms with Crippen LogP contribution in [-0.2, 0) is 5.88 Å². The maximum Gasteiger partial charge on any atom is 0.126 e. The van der Waals surface area contributed by atoms with Crippen molar-refractivity contribution in [3.8, 4) is 5.75 Å². The van der Waals surface area contributed by atoms with Gasteiger partial charge < -0.3 is 4.74 Å². The Morgan fingerprint density at radius 2 is 1.64 bits per heavy atom. The fourth-order valence-corrected chi connectivity index (χ4v) is 2.16. The van der Waals surface area contributed by atoms with E-state index >= 15 is 0 Å². The Morgan fingerprint density at radius 1 is 1.07 bits per heavy atom. The highest BCUT2D eigenvalue weighted by Crippen LogP contribution is 2.36. The Balaban J connectivity index is 3.57. The Bertz CT molecular complexity index is 324. The summed E-state index contributed by atoms with van der Waals surface area (Å²) >= 11 is 12.1. The molecule has 0 aliphatic rings. The van der Waals surface area contributed by atoms with E-state index in [2.05, 4.69) is 0 Å². The largest absolute Gasteiger partial charge is 0.496 e. The summed E-state index contributed by atoms with van der Waals surface area (Å²) in [6, 6.07) is 0. The fraction of sp³-hybridized carbons (Fsp3) is 0.455. The number of rotatable bonds is 2. The molecule has 3 heteroatoms. The van der Waals surface area contributed by atoms with E-state index in [0.29, 0.717) is 5.88 Å². The Kier molecular flexibility index (Phi) is 3.68. The van der Waals surface area contributed by atoms with Crippen LogP contribution in [0.15, 0.2) is 0 Å². The smallest absolute Gasteiger partial charge is 0.126 e. The molecule has 0 aliphatic carbocycles. The van der Waals surface area contributed by atoms with Crippen LogP contribution in [0.1, 0.15) is 22.3 Å². The third-order valence-corrected chi connectivity index (χ3v) is 3.46. The van der Waals surface area contributed by atoms with Gasteiger partial charge in [0, 0.05) is 10.6 Å². The van der Waals surface area contributed by atoms with E-state index in [9.17, 15) is 0 Å². The maximum absolute atomic E-state index is 6.18. The van der Waals surface area contributed by atoms with Crippen LogP contribution >= 0.6 is 23.2 Å². The molecule has 78 valence electrons. The van der Waals surface area contributed by atoms with Crippen molar-refractivity contribution in [3.05, 3.63) is 27.3 Å². The maximum atomic E-state index is 6.18. The van der Waals surface area contributed by atoms with Crippen LogP contribution in [0.4, 0.5) is 0 Å². The van der Waals surface area contributed by atoms with E-state index in [1.807, 2.05) is 20.8 Å². The minimum Gasteiger partial charge on any atom is -0.496 e. The molecular weight excluding hydrogens is 219 g/mol. The average Bonchev–Trinajstić information content (AvgIpc) is 2.20. The number of ether oxygens (including phenoxy) is 1. The SMILES string of the molecule is COc1c(C)c(C)c(Cl)c(C)c1CCl. The lowest BCUT2D eigenvalue weighted by Gasteiger charge is -2.16. The summed E-state index contributed by atoms with van der Waals surface area (Å²) in [7, 11) is 1.66. The van der Waals surface area contributed by atoms with Gasteiger partial charge in [0.05, 0.1) is 13.0 Å². The molecular formula is C11H14Cl2O. The molecule has 0 atom stereocenters. The zero-order chi connectivity index (χ0) is 10.9. The van der Waals surface area contributed by atoms with Gasteiger partial charge in [0.25, 0.3) is 0 Å². The molecule has 1 aromatic carbocycles. The van der Waals surface area contributed by atoms with Crippen LogP contribution < -0.4 is 4.74 Å². The minimum absolute atomic E-state index is 0.426. The van der Waals surface area contributed by atoms with Gasteiger partial charge in [0.1, 0.15) is 5.75 Å². The van der Waals surface area contributed by atoms with E-state index < -0.39 is 0 Å². The van der Waals surface area contributed by atoms with Crippen molar-refractivity contribution in [2.45, 2.75) is 26.7 Å². The van der Waals surface area contributed by atoms with Crippen LogP contribution in [-0.4, -0.2) is 7.11 Å². The number of hydrogen-bond acceptors (Lipinski definition) is 1. The van der Waals surface area contributed by atoms with Crippen LogP contribution in [0.2, 0.25) is 5.02 Å². The first-order chi connectivity index (χ1) is 6.54. The van der Waals surface area contributed by atoms with Crippen molar-refractivity contribution in [2.75, 3.05) is 7.11 Å². The Labute approximate surface area is 95.0 Å². The first-order valence-corrected chi connectivity index (χ1v) is 5.33. The average molecular weight is 233 g/mol. The van der Waals surface area contributed by atoms with Gasteiger partial charge >= 0.3 is 0 Å². The van der Waals surface area contributed by atoms with Gasteiger partial charge in [0.2, 0.25) is 0 Å². The molecule has 0 aliphatic heterocycles. The molecule has 0 bridgehead atoms. The van der Waals surface area contributed by atoms with Gasteiger partial charge in [0.15, 0.2) is 0 Å². The van der Waals surface area contributed by atoms with Gasteiger partial charge in [-0.05, 0) is 37.5 Å². The summed E-state index contributed by atoms with van der Waals surface area (Å²) in [4.78, 5) is 0. The summed E-state index contributed by atoms with van der Waals surface area (Å²) in [5.74, 6) is 1.29. The summed E-state index contributed by atoms with van der Waals surface area (Å²) in [5, 5.41) is 0.791. The quantitative estimate of drug-likeness (QED) is 0.701. The summed E-state index contributed by atoms with van der Waals surface area (Å²) in [6.45, 7) is 5.95. The van der Waals surface area contributed by atoms with Gasteiger partial charge in [-0.25, -0.2) is 0 Å². The summed E-state index contributed by atoms with van der Waals surface area (Å²) in [6.07, 6.45) is 0. The molecule has 0 saturated carbocycles. The lowest BCUT2D eigenvalue weighted by molar-refractivity contribution is 0.407. The van der Waals surface area contributed by atoms with Gasteiger partial charge in [-0.2, -0.15) is 0 Å². The normalized spacial score (nSPS) is 10.4. The van der Waals surface area contributed by atoms with Crippen LogP contribution in [0.5, 0.6) is 5.75 Å². The molecule has 0 unspecified atom stereocenters. The molecule has 0 saturated heterocycles. The molecule has 0 amide bonds. The molecule has 0 heterocycles. The first-order valence-electron chi connectivity index (χ1n) is 4.42. The highest BCUT2D eigenvalue weighted by atomic mass is 35.5. The standard InChI is InChI=1S/C11H14Cl2O/c1-6-7(2)11(14-4)9(5-12)8(3)10(6)13/h5H2,1-4H3. The monoisotopic (exact) mass is 232 g/mol. The number of alkyl halides is 1. The summed E-state index contributed by atoms with van der Waals surface area (Å²) < 4.78 is 5.34. The molecule has 0 fully saturated rings. The molecule has 0 radical (unpaired) electrons. The molecule has 0 N–H and O–H groups in total.